The first-order valence-electron chi connectivity index (χ1n) is 10.2. The van der Waals surface area contributed by atoms with E-state index in [1.165, 1.54) is 19.3 Å². The molecule has 1 saturated heterocycles. The van der Waals surface area contributed by atoms with Gasteiger partial charge in [0.1, 0.15) is 11.8 Å². The van der Waals surface area contributed by atoms with E-state index in [1.807, 2.05) is 11.8 Å². The molecule has 10 nitrogen and oxygen atoms in total. The van der Waals surface area contributed by atoms with Crippen LogP contribution in [0.2, 0.25) is 0 Å². The summed E-state index contributed by atoms with van der Waals surface area (Å²) in [7, 11) is 1.76. The molecule has 2 aromatic heterocycles. The molecule has 0 aromatic carbocycles. The van der Waals surface area contributed by atoms with Crippen molar-refractivity contribution < 1.29 is 18.7 Å². The van der Waals surface area contributed by atoms with Crippen LogP contribution in [0.4, 0.5) is 16.3 Å². The number of nitrogen functional groups attached to an aromatic ring is 1. The number of nitrogens with zero attached hydrogens (tertiary/aromatic N) is 6. The Morgan fingerprint density at radius 1 is 1.32 bits per heavy atom. The lowest BCUT2D eigenvalue weighted by Crippen LogP contribution is -2.49. The van der Waals surface area contributed by atoms with E-state index in [-0.39, 0.29) is 41.6 Å². The molecule has 1 aliphatic carbocycles. The highest BCUT2D eigenvalue weighted by Gasteiger charge is 2.36. The monoisotopic (exact) mass is 431 g/mol. The number of amides is 1. The second-order valence-electron chi connectivity index (χ2n) is 7.93. The molecule has 0 radical (unpaired) electrons. The number of anilines is 2. The predicted molar refractivity (Wildman–Crippen MR) is 111 cm³/mol. The average molecular weight is 431 g/mol. The molecule has 1 atom stereocenters. The third-order valence-corrected chi connectivity index (χ3v) is 5.77. The Hall–Kier alpha value is -3.08. The van der Waals surface area contributed by atoms with Crippen molar-refractivity contribution in [1.29, 1.82) is 0 Å². The predicted octanol–water partition coefficient (Wildman–Crippen LogP) is 1.27. The van der Waals surface area contributed by atoms with Gasteiger partial charge in [0.05, 0.1) is 19.3 Å². The fourth-order valence-electron chi connectivity index (χ4n) is 3.66. The van der Waals surface area contributed by atoms with Crippen molar-refractivity contribution in [2.45, 2.75) is 44.9 Å². The average Bonchev–Trinajstić information content (AvgIpc) is 2.72. The molecule has 0 unspecified atom stereocenters. The lowest BCUT2D eigenvalue weighted by Gasteiger charge is -2.40. The number of aromatic nitrogens is 4. The SMILES string of the molecule is CC(=O)N(C)[C@H]1C[C@H](Oc2nc(N3CCOC[C@@H]3C)nc(-c3cnc(N)nc3)c2F)C1. The van der Waals surface area contributed by atoms with Gasteiger partial charge < -0.3 is 25.0 Å². The van der Waals surface area contributed by atoms with Crippen LogP contribution in [0.3, 0.4) is 0 Å². The lowest BCUT2D eigenvalue weighted by atomic mass is 9.88. The minimum Gasteiger partial charge on any atom is -0.472 e. The van der Waals surface area contributed by atoms with Gasteiger partial charge in [-0.3, -0.25) is 4.79 Å². The molecule has 11 heteroatoms. The Balaban J connectivity index is 1.64. The first-order valence-corrected chi connectivity index (χ1v) is 10.2. The van der Waals surface area contributed by atoms with Crippen LogP contribution in [0.15, 0.2) is 12.4 Å². The number of hydrogen-bond acceptors (Lipinski definition) is 9. The summed E-state index contributed by atoms with van der Waals surface area (Å²) in [4.78, 5) is 31.9. The highest BCUT2D eigenvalue weighted by molar-refractivity contribution is 5.73. The number of morpholine rings is 1. The van der Waals surface area contributed by atoms with Gasteiger partial charge in [-0.05, 0) is 6.92 Å². The van der Waals surface area contributed by atoms with Crippen molar-refractivity contribution in [1.82, 2.24) is 24.8 Å². The van der Waals surface area contributed by atoms with Crippen LogP contribution >= 0.6 is 0 Å². The first-order chi connectivity index (χ1) is 14.8. The maximum Gasteiger partial charge on any atom is 0.256 e. The Bertz CT molecular complexity index is 953. The van der Waals surface area contributed by atoms with Gasteiger partial charge in [0.15, 0.2) is 0 Å². The number of ether oxygens (including phenoxy) is 2. The molecule has 1 amide bonds. The van der Waals surface area contributed by atoms with Gasteiger partial charge in [-0.1, -0.05) is 0 Å². The lowest BCUT2D eigenvalue weighted by molar-refractivity contribution is -0.133. The normalized spacial score (nSPS) is 23.2. The van der Waals surface area contributed by atoms with Crippen LogP contribution in [-0.4, -0.2) is 75.7 Å². The first kappa shape index (κ1) is 21.2. The molecule has 3 heterocycles. The summed E-state index contributed by atoms with van der Waals surface area (Å²) in [6.07, 6.45) is 3.84. The van der Waals surface area contributed by atoms with Crippen LogP contribution in [0.1, 0.15) is 26.7 Å². The van der Waals surface area contributed by atoms with Gasteiger partial charge in [0.2, 0.25) is 23.6 Å². The van der Waals surface area contributed by atoms with Crippen LogP contribution in [0.5, 0.6) is 5.88 Å². The smallest absolute Gasteiger partial charge is 0.256 e. The van der Waals surface area contributed by atoms with Crippen molar-refractivity contribution in [2.75, 3.05) is 37.4 Å². The van der Waals surface area contributed by atoms with E-state index in [4.69, 9.17) is 15.2 Å². The Kier molecular flexibility index (Phi) is 5.86. The maximum atomic E-state index is 15.4. The van der Waals surface area contributed by atoms with Crippen LogP contribution in [-0.2, 0) is 9.53 Å². The van der Waals surface area contributed by atoms with Gasteiger partial charge in [-0.15, -0.1) is 0 Å². The molecule has 2 aromatic rings. The van der Waals surface area contributed by atoms with Gasteiger partial charge in [0, 0.05) is 57.4 Å². The van der Waals surface area contributed by atoms with E-state index in [0.717, 1.165) is 0 Å². The van der Waals surface area contributed by atoms with E-state index in [1.54, 1.807) is 11.9 Å². The number of carbonyl (C=O) groups excluding carboxylic acids is 1. The van der Waals surface area contributed by atoms with Gasteiger partial charge in [-0.25, -0.2) is 15.0 Å². The number of carbonyl (C=O) groups is 1. The zero-order valence-corrected chi connectivity index (χ0v) is 17.8. The van der Waals surface area contributed by atoms with Crippen molar-refractivity contribution in [3.8, 4) is 17.1 Å². The summed E-state index contributed by atoms with van der Waals surface area (Å²) < 4.78 is 26.8. The molecule has 0 spiro atoms. The number of nitrogens with two attached hydrogens (primary N) is 1. The van der Waals surface area contributed by atoms with Crippen LogP contribution in [0.25, 0.3) is 11.3 Å². The van der Waals surface area contributed by atoms with E-state index >= 15 is 4.39 Å². The van der Waals surface area contributed by atoms with Crippen molar-refractivity contribution in [3.63, 3.8) is 0 Å². The molecule has 1 saturated carbocycles. The van der Waals surface area contributed by atoms with E-state index in [9.17, 15) is 4.79 Å². The zero-order chi connectivity index (χ0) is 22.1. The molecule has 2 N–H and O–H groups in total. The summed E-state index contributed by atoms with van der Waals surface area (Å²) in [6.45, 7) is 5.16. The second-order valence-corrected chi connectivity index (χ2v) is 7.93. The molecule has 1 aliphatic heterocycles. The summed E-state index contributed by atoms with van der Waals surface area (Å²) in [5.74, 6) is -0.362. The van der Waals surface area contributed by atoms with Crippen LogP contribution in [0, 0.1) is 5.82 Å². The molecule has 31 heavy (non-hydrogen) atoms. The second kappa shape index (κ2) is 8.58. The molecular weight excluding hydrogens is 405 g/mol. The van der Waals surface area contributed by atoms with E-state index in [2.05, 4.69) is 19.9 Å². The minimum atomic E-state index is -0.679. The fraction of sp³-hybridized carbons (Fsp3) is 0.550. The molecule has 166 valence electrons. The number of halogens is 1. The largest absolute Gasteiger partial charge is 0.472 e. The highest BCUT2D eigenvalue weighted by atomic mass is 19.1. The number of hydrogen-bond donors (Lipinski definition) is 1. The van der Waals surface area contributed by atoms with Gasteiger partial charge >= 0.3 is 0 Å². The van der Waals surface area contributed by atoms with E-state index < -0.39 is 5.82 Å². The van der Waals surface area contributed by atoms with Crippen molar-refractivity contribution in [3.05, 3.63) is 18.2 Å². The van der Waals surface area contributed by atoms with Gasteiger partial charge in [0.25, 0.3) is 5.88 Å². The third kappa shape index (κ3) is 4.36. The van der Waals surface area contributed by atoms with Gasteiger partial charge in [-0.2, -0.15) is 9.37 Å². The Labute approximate surface area is 179 Å². The summed E-state index contributed by atoms with van der Waals surface area (Å²) in [5.41, 5.74) is 5.99. The van der Waals surface area contributed by atoms with Crippen molar-refractivity contribution >= 4 is 17.8 Å². The van der Waals surface area contributed by atoms with E-state index in [0.29, 0.717) is 44.1 Å². The highest BCUT2D eigenvalue weighted by Crippen LogP contribution is 2.34. The quantitative estimate of drug-likeness (QED) is 0.746. The standard InChI is InChI=1S/C20H26FN7O3/c1-11-10-30-5-4-28(11)20-25-17(13-8-23-19(22)24-9-13)16(21)18(26-20)31-15-6-14(7-15)27(3)12(2)29/h8-9,11,14-15H,4-7,10H2,1-3H3,(H2,22,23,24)/t11-,14-,15-/m0/s1. The Morgan fingerprint density at radius 3 is 2.68 bits per heavy atom. The number of rotatable bonds is 5. The van der Waals surface area contributed by atoms with Crippen LogP contribution < -0.4 is 15.4 Å². The molecule has 2 aliphatic rings. The zero-order valence-electron chi connectivity index (χ0n) is 17.8. The molecule has 0 bridgehead atoms. The summed E-state index contributed by atoms with van der Waals surface area (Å²) in [5, 5.41) is 0. The molecule has 2 fully saturated rings. The maximum absolute atomic E-state index is 15.4. The molecule has 4 rings (SSSR count). The minimum absolute atomic E-state index is 0.00843. The van der Waals surface area contributed by atoms with Crippen molar-refractivity contribution in [2.24, 2.45) is 0 Å². The summed E-state index contributed by atoms with van der Waals surface area (Å²) >= 11 is 0. The Morgan fingerprint density at radius 2 is 2.03 bits per heavy atom. The fourth-order valence-corrected chi connectivity index (χ4v) is 3.66. The summed E-state index contributed by atoms with van der Waals surface area (Å²) in [6, 6.07) is 0.107. The topological polar surface area (TPSA) is 120 Å². The third-order valence-electron chi connectivity index (χ3n) is 5.77. The molecular formula is C20H26FN7O3.